The maximum Gasteiger partial charge on any atom is 0.439 e. The van der Waals surface area contributed by atoms with Gasteiger partial charge in [-0.2, -0.15) is 26.3 Å². The molecule has 184 valence electrons. The Balaban J connectivity index is 1.68. The molecule has 4 aromatic rings. The second-order valence-electron chi connectivity index (χ2n) is 7.27. The Bertz CT molecular complexity index is 1360. The smallest absolute Gasteiger partial charge is 0.358 e. The van der Waals surface area contributed by atoms with E-state index in [1.165, 1.54) is 30.3 Å². The van der Waals surface area contributed by atoms with Crippen LogP contribution in [0.5, 0.6) is 0 Å². The van der Waals surface area contributed by atoms with Crippen molar-refractivity contribution in [2.45, 2.75) is 25.4 Å². The second kappa shape index (κ2) is 9.26. The van der Waals surface area contributed by atoms with Gasteiger partial charge in [0.1, 0.15) is 23.4 Å². The van der Waals surface area contributed by atoms with Crippen LogP contribution >= 0.6 is 11.3 Å². The molecule has 1 N–H and O–H groups in total. The summed E-state index contributed by atoms with van der Waals surface area (Å²) in [7, 11) is 0. The molecule has 0 spiro atoms. The second-order valence-corrected chi connectivity index (χ2v) is 8.30. The number of aryl methyl sites for hydroxylation is 1. The lowest BCUT2D eigenvalue weighted by Crippen LogP contribution is -2.20. The minimum absolute atomic E-state index is 0.139. The Morgan fingerprint density at radius 1 is 1.06 bits per heavy atom. The Kier molecular flexibility index (Phi) is 6.51. The van der Waals surface area contributed by atoms with E-state index in [1.807, 2.05) is 0 Å². The van der Waals surface area contributed by atoms with Gasteiger partial charge in [-0.05, 0) is 24.6 Å². The van der Waals surface area contributed by atoms with Crippen LogP contribution in [0.1, 0.15) is 27.9 Å². The van der Waals surface area contributed by atoms with Gasteiger partial charge >= 0.3 is 18.1 Å². The average molecular weight is 516 g/mol. The molecule has 3 aromatic heterocycles. The van der Waals surface area contributed by atoms with E-state index in [2.05, 4.69) is 24.6 Å². The fourth-order valence-corrected chi connectivity index (χ4v) is 4.27. The maximum atomic E-state index is 13.0. The van der Waals surface area contributed by atoms with Crippen LogP contribution in [0.4, 0.5) is 26.3 Å². The number of aromatic amines is 1. The first kappa shape index (κ1) is 24.6. The van der Waals surface area contributed by atoms with Crippen LogP contribution in [0.3, 0.4) is 0 Å². The van der Waals surface area contributed by atoms with Crippen LogP contribution in [-0.2, 0) is 10.9 Å². The third-order valence-electron chi connectivity index (χ3n) is 4.71. The summed E-state index contributed by atoms with van der Waals surface area (Å²) in [6, 6.07) is 8.03. The Morgan fingerprint density at radius 3 is 2.29 bits per heavy atom. The summed E-state index contributed by atoms with van der Waals surface area (Å²) in [5.41, 5.74) is 0.355. The summed E-state index contributed by atoms with van der Waals surface area (Å²) >= 11 is 0.984. The molecular weight excluding hydrogens is 502 g/mol. The number of alkyl halides is 6. The van der Waals surface area contributed by atoms with E-state index in [0.717, 1.165) is 23.6 Å². The van der Waals surface area contributed by atoms with Crippen LogP contribution in [0, 0.1) is 6.92 Å². The largest absolute Gasteiger partial charge is 0.439 e. The molecule has 0 aliphatic carbocycles. The van der Waals surface area contributed by atoms with Crippen molar-refractivity contribution in [3.8, 4) is 22.0 Å². The first-order valence-corrected chi connectivity index (χ1v) is 10.6. The number of ether oxygens (including phenoxy) is 1. The molecule has 0 aliphatic rings. The number of hydrogen-bond acceptors (Lipinski definition) is 7. The normalized spacial score (nSPS) is 13.2. The fraction of sp³-hybridized carbons (Fsp3) is 0.238. The molecule has 0 amide bonds. The van der Waals surface area contributed by atoms with Crippen molar-refractivity contribution in [1.82, 2.24) is 20.1 Å². The number of nitrogens with zero attached hydrogens (tertiary/aromatic N) is 3. The zero-order chi connectivity index (χ0) is 25.4. The standard InChI is InChI=1S/C21H14F6N4O3S/c1-10-16(35-18(29-10)13-6-7-14(28-8-13)21(25,26)27)15(33-9-20(22,23)24)11-2-4-12(5-3-11)17-30-19(32)34-31-17/h2-8,15H,9H2,1H3,(H,30,31,32). The minimum atomic E-state index is -4.61. The number of nitrogens with one attached hydrogen (secondary N) is 1. The van der Waals surface area contributed by atoms with Crippen LogP contribution < -0.4 is 5.76 Å². The van der Waals surface area contributed by atoms with Crippen LogP contribution in [-0.4, -0.2) is 32.9 Å². The highest BCUT2D eigenvalue weighted by molar-refractivity contribution is 7.15. The fourth-order valence-electron chi connectivity index (χ4n) is 3.13. The highest BCUT2D eigenvalue weighted by atomic mass is 32.1. The van der Waals surface area contributed by atoms with Crippen molar-refractivity contribution in [1.29, 1.82) is 0 Å². The minimum Gasteiger partial charge on any atom is -0.358 e. The number of H-pyrrole nitrogens is 1. The summed E-state index contributed by atoms with van der Waals surface area (Å²) in [6.07, 6.45) is -9.37. The highest BCUT2D eigenvalue weighted by Gasteiger charge is 2.33. The maximum absolute atomic E-state index is 13.0. The first-order valence-electron chi connectivity index (χ1n) is 9.76. The number of pyridine rings is 1. The lowest BCUT2D eigenvalue weighted by molar-refractivity contribution is -0.181. The molecule has 3 heterocycles. The Morgan fingerprint density at radius 2 is 1.74 bits per heavy atom. The lowest BCUT2D eigenvalue weighted by Gasteiger charge is -2.19. The Hall–Kier alpha value is -3.52. The molecule has 7 nitrogen and oxygen atoms in total. The lowest BCUT2D eigenvalue weighted by atomic mass is 10.0. The van der Waals surface area contributed by atoms with E-state index in [-0.39, 0.29) is 16.4 Å². The van der Waals surface area contributed by atoms with E-state index in [9.17, 15) is 31.1 Å². The van der Waals surface area contributed by atoms with Crippen LogP contribution in [0.2, 0.25) is 0 Å². The first-order chi connectivity index (χ1) is 16.4. The summed E-state index contributed by atoms with van der Waals surface area (Å²) in [5, 5.41) is 3.83. The quantitative estimate of drug-likeness (QED) is 0.338. The zero-order valence-corrected chi connectivity index (χ0v) is 18.4. The van der Waals surface area contributed by atoms with Crippen LogP contribution in [0.25, 0.3) is 22.0 Å². The average Bonchev–Trinajstić information content (AvgIpc) is 3.39. The van der Waals surface area contributed by atoms with Gasteiger partial charge in [0.2, 0.25) is 0 Å². The van der Waals surface area contributed by atoms with Gasteiger partial charge in [0.25, 0.3) is 0 Å². The third-order valence-corrected chi connectivity index (χ3v) is 5.96. The number of thiazole rings is 1. The summed E-state index contributed by atoms with van der Waals surface area (Å²) in [4.78, 5) is 21.6. The van der Waals surface area contributed by atoms with Gasteiger partial charge in [0, 0.05) is 17.3 Å². The molecule has 0 saturated carbocycles. The van der Waals surface area contributed by atoms with Crippen molar-refractivity contribution in [3.05, 3.63) is 75.0 Å². The number of halogens is 6. The molecule has 0 saturated heterocycles. The number of benzene rings is 1. The van der Waals surface area contributed by atoms with E-state index in [1.54, 1.807) is 6.92 Å². The molecule has 4 rings (SSSR count). The van der Waals surface area contributed by atoms with Gasteiger partial charge in [0.05, 0.1) is 10.6 Å². The highest BCUT2D eigenvalue weighted by Crippen LogP contribution is 2.38. The predicted octanol–water partition coefficient (Wildman–Crippen LogP) is 5.54. The van der Waals surface area contributed by atoms with E-state index in [0.29, 0.717) is 21.7 Å². The van der Waals surface area contributed by atoms with E-state index < -0.39 is 36.5 Å². The molecular formula is C21H14F6N4O3S. The Labute approximate surface area is 196 Å². The predicted molar refractivity (Wildman–Crippen MR) is 111 cm³/mol. The van der Waals surface area contributed by atoms with Gasteiger partial charge in [0.15, 0.2) is 5.82 Å². The SMILES string of the molecule is Cc1nc(-c2ccc(C(F)(F)F)nc2)sc1C(OCC(F)(F)F)c1ccc(-c2noc(=O)[nH]2)cc1. The van der Waals surface area contributed by atoms with E-state index in [4.69, 9.17) is 4.74 Å². The molecule has 0 radical (unpaired) electrons. The van der Waals surface area contributed by atoms with Gasteiger partial charge in [-0.3, -0.25) is 14.5 Å². The molecule has 0 aliphatic heterocycles. The number of hydrogen-bond donors (Lipinski definition) is 1. The van der Waals surface area contributed by atoms with Gasteiger partial charge < -0.3 is 4.74 Å². The molecule has 1 unspecified atom stereocenters. The van der Waals surface area contributed by atoms with Crippen LogP contribution in [0.15, 0.2) is 51.9 Å². The molecule has 1 aromatic carbocycles. The van der Waals surface area contributed by atoms with Crippen molar-refractivity contribution in [2.75, 3.05) is 6.61 Å². The molecule has 1 atom stereocenters. The van der Waals surface area contributed by atoms with Crippen molar-refractivity contribution in [2.24, 2.45) is 0 Å². The number of rotatable bonds is 6. The summed E-state index contributed by atoms with van der Waals surface area (Å²) in [5.74, 6) is -0.624. The monoisotopic (exact) mass is 516 g/mol. The molecule has 35 heavy (non-hydrogen) atoms. The zero-order valence-electron chi connectivity index (χ0n) is 17.6. The summed E-state index contributed by atoms with van der Waals surface area (Å²) in [6.45, 7) is 0.0236. The van der Waals surface area contributed by atoms with E-state index >= 15 is 0 Å². The van der Waals surface area contributed by atoms with Gasteiger partial charge in [-0.15, -0.1) is 11.3 Å². The van der Waals surface area contributed by atoms with Gasteiger partial charge in [-0.25, -0.2) is 9.78 Å². The van der Waals surface area contributed by atoms with Crippen molar-refractivity contribution >= 4 is 11.3 Å². The molecule has 14 heteroatoms. The molecule has 0 bridgehead atoms. The summed E-state index contributed by atoms with van der Waals surface area (Å²) < 4.78 is 86.9. The van der Waals surface area contributed by atoms with Crippen molar-refractivity contribution in [3.63, 3.8) is 0 Å². The topological polar surface area (TPSA) is 93.9 Å². The third kappa shape index (κ3) is 5.77. The van der Waals surface area contributed by atoms with Crippen molar-refractivity contribution < 1.29 is 35.6 Å². The van der Waals surface area contributed by atoms with Gasteiger partial charge in [-0.1, -0.05) is 29.4 Å². The molecule has 0 fully saturated rings. The number of aromatic nitrogens is 4.